The standard InChI is InChI=1S/C15H21N3O5S/c1-11(15(16)19)17-4-6-18(7-5-17)24(20,21)12-2-3-13-14(10-12)23-9-8-22-13/h2-3,10-11H,4-9H2,1H3,(H2,16,19)/t11-/m0/s1. The monoisotopic (exact) mass is 355 g/mol. The lowest BCUT2D eigenvalue weighted by Gasteiger charge is -2.36. The molecule has 2 aliphatic heterocycles. The highest BCUT2D eigenvalue weighted by molar-refractivity contribution is 7.89. The first-order chi connectivity index (χ1) is 11.4. The Morgan fingerprint density at radius 2 is 1.75 bits per heavy atom. The number of piperazine rings is 1. The third kappa shape index (κ3) is 3.19. The molecule has 1 saturated heterocycles. The third-order valence-corrected chi connectivity index (χ3v) is 6.28. The van der Waals surface area contributed by atoms with Crippen molar-refractivity contribution in [1.82, 2.24) is 9.21 Å². The summed E-state index contributed by atoms with van der Waals surface area (Å²) in [7, 11) is -3.61. The fraction of sp³-hybridized carbons (Fsp3) is 0.533. The number of ether oxygens (including phenoxy) is 2. The largest absolute Gasteiger partial charge is 0.486 e. The van der Waals surface area contributed by atoms with Crippen LogP contribution in [0.15, 0.2) is 23.1 Å². The molecule has 132 valence electrons. The minimum Gasteiger partial charge on any atom is -0.486 e. The topological polar surface area (TPSA) is 102 Å². The lowest BCUT2D eigenvalue weighted by Crippen LogP contribution is -2.54. The van der Waals surface area contributed by atoms with E-state index in [-0.39, 0.29) is 4.90 Å². The lowest BCUT2D eigenvalue weighted by atomic mass is 10.2. The molecule has 0 aromatic heterocycles. The molecule has 2 heterocycles. The van der Waals surface area contributed by atoms with E-state index in [4.69, 9.17) is 15.2 Å². The Balaban J connectivity index is 1.74. The van der Waals surface area contributed by atoms with Gasteiger partial charge in [0.1, 0.15) is 13.2 Å². The predicted octanol–water partition coefficient (Wildman–Crippen LogP) is -0.362. The molecular weight excluding hydrogens is 334 g/mol. The second-order valence-corrected chi connectivity index (χ2v) is 7.76. The van der Waals surface area contributed by atoms with Gasteiger partial charge in [0, 0.05) is 32.2 Å². The molecule has 0 unspecified atom stereocenters. The van der Waals surface area contributed by atoms with Gasteiger partial charge in [0.25, 0.3) is 0 Å². The van der Waals surface area contributed by atoms with Gasteiger partial charge < -0.3 is 15.2 Å². The number of nitrogens with two attached hydrogens (primary N) is 1. The van der Waals surface area contributed by atoms with Crippen LogP contribution in [0.2, 0.25) is 0 Å². The number of benzene rings is 1. The fourth-order valence-electron chi connectivity index (χ4n) is 2.84. The van der Waals surface area contributed by atoms with Crippen molar-refractivity contribution >= 4 is 15.9 Å². The minimum absolute atomic E-state index is 0.183. The highest BCUT2D eigenvalue weighted by Gasteiger charge is 2.32. The number of carbonyl (C=O) groups excluding carboxylic acids is 1. The molecule has 3 rings (SSSR count). The lowest BCUT2D eigenvalue weighted by molar-refractivity contribution is -0.123. The van der Waals surface area contributed by atoms with E-state index in [0.29, 0.717) is 50.9 Å². The molecule has 1 fully saturated rings. The maximum Gasteiger partial charge on any atom is 0.243 e. The number of carbonyl (C=O) groups is 1. The SMILES string of the molecule is C[C@@H](C(N)=O)N1CCN(S(=O)(=O)c2ccc3c(c2)OCCO3)CC1. The molecule has 1 aromatic carbocycles. The van der Waals surface area contributed by atoms with Crippen LogP contribution in [-0.4, -0.2) is 69.0 Å². The van der Waals surface area contributed by atoms with Gasteiger partial charge in [-0.05, 0) is 19.1 Å². The normalized spacial score (nSPS) is 20.5. The van der Waals surface area contributed by atoms with Crippen LogP contribution in [0, 0.1) is 0 Å². The molecule has 0 bridgehead atoms. The zero-order chi connectivity index (χ0) is 17.3. The van der Waals surface area contributed by atoms with Crippen molar-refractivity contribution in [3.63, 3.8) is 0 Å². The molecular formula is C15H21N3O5S. The second kappa shape index (κ2) is 6.58. The molecule has 2 aliphatic rings. The summed E-state index contributed by atoms with van der Waals surface area (Å²) in [5.74, 6) is 0.599. The predicted molar refractivity (Wildman–Crippen MR) is 86.4 cm³/mol. The molecule has 1 atom stereocenters. The number of fused-ring (bicyclic) bond motifs is 1. The second-order valence-electron chi connectivity index (χ2n) is 5.82. The Labute approximate surface area is 141 Å². The highest BCUT2D eigenvalue weighted by Crippen LogP contribution is 2.33. The van der Waals surface area contributed by atoms with Gasteiger partial charge in [-0.2, -0.15) is 4.31 Å². The molecule has 2 N–H and O–H groups in total. The van der Waals surface area contributed by atoms with E-state index in [2.05, 4.69) is 0 Å². The van der Waals surface area contributed by atoms with Crippen molar-refractivity contribution in [1.29, 1.82) is 0 Å². The van der Waals surface area contributed by atoms with Crippen LogP contribution < -0.4 is 15.2 Å². The molecule has 0 spiro atoms. The van der Waals surface area contributed by atoms with E-state index >= 15 is 0 Å². The minimum atomic E-state index is -3.61. The maximum absolute atomic E-state index is 12.8. The summed E-state index contributed by atoms with van der Waals surface area (Å²) in [6, 6.07) is 4.25. The van der Waals surface area contributed by atoms with Crippen molar-refractivity contribution in [3.05, 3.63) is 18.2 Å². The summed E-state index contributed by atoms with van der Waals surface area (Å²) in [4.78, 5) is 13.3. The summed E-state index contributed by atoms with van der Waals surface area (Å²) in [6.07, 6.45) is 0. The summed E-state index contributed by atoms with van der Waals surface area (Å²) >= 11 is 0. The van der Waals surface area contributed by atoms with Crippen molar-refractivity contribution in [3.8, 4) is 11.5 Å². The van der Waals surface area contributed by atoms with Crippen LogP contribution >= 0.6 is 0 Å². The van der Waals surface area contributed by atoms with Crippen molar-refractivity contribution < 1.29 is 22.7 Å². The van der Waals surface area contributed by atoms with E-state index in [9.17, 15) is 13.2 Å². The molecule has 1 aromatic rings. The van der Waals surface area contributed by atoms with E-state index in [1.807, 2.05) is 4.90 Å². The van der Waals surface area contributed by atoms with Crippen LogP contribution in [-0.2, 0) is 14.8 Å². The average Bonchev–Trinajstić information content (AvgIpc) is 2.60. The average molecular weight is 355 g/mol. The van der Waals surface area contributed by atoms with Gasteiger partial charge in [0.15, 0.2) is 11.5 Å². The van der Waals surface area contributed by atoms with Gasteiger partial charge in [0.05, 0.1) is 10.9 Å². The number of sulfonamides is 1. The van der Waals surface area contributed by atoms with Gasteiger partial charge in [-0.15, -0.1) is 0 Å². The summed E-state index contributed by atoms with van der Waals surface area (Å²) in [5.41, 5.74) is 5.30. The quantitative estimate of drug-likeness (QED) is 0.791. The van der Waals surface area contributed by atoms with Crippen LogP contribution in [0.25, 0.3) is 0 Å². The Morgan fingerprint density at radius 3 is 2.38 bits per heavy atom. The van der Waals surface area contributed by atoms with Crippen molar-refractivity contribution in [2.75, 3.05) is 39.4 Å². The highest BCUT2D eigenvalue weighted by atomic mass is 32.2. The number of amides is 1. The van der Waals surface area contributed by atoms with E-state index < -0.39 is 22.0 Å². The number of primary amides is 1. The fourth-order valence-corrected chi connectivity index (χ4v) is 4.28. The molecule has 9 heteroatoms. The Bertz CT molecular complexity index is 729. The zero-order valence-corrected chi connectivity index (χ0v) is 14.3. The number of hydrogen-bond donors (Lipinski definition) is 1. The van der Waals surface area contributed by atoms with Crippen molar-refractivity contribution in [2.24, 2.45) is 5.73 Å². The first-order valence-electron chi connectivity index (χ1n) is 7.83. The van der Waals surface area contributed by atoms with E-state index in [0.717, 1.165) is 0 Å². The Hall–Kier alpha value is -1.84. The molecule has 0 saturated carbocycles. The Kier molecular flexibility index (Phi) is 4.66. The Morgan fingerprint density at radius 1 is 1.12 bits per heavy atom. The van der Waals surface area contributed by atoms with Crippen molar-refractivity contribution in [2.45, 2.75) is 17.9 Å². The third-order valence-electron chi connectivity index (χ3n) is 4.38. The molecule has 1 amide bonds. The van der Waals surface area contributed by atoms with Crippen LogP contribution in [0.3, 0.4) is 0 Å². The smallest absolute Gasteiger partial charge is 0.243 e. The first-order valence-corrected chi connectivity index (χ1v) is 9.27. The van der Waals surface area contributed by atoms with Crippen LogP contribution in [0.5, 0.6) is 11.5 Å². The molecule has 24 heavy (non-hydrogen) atoms. The first kappa shape index (κ1) is 17.0. The maximum atomic E-state index is 12.8. The number of hydrogen-bond acceptors (Lipinski definition) is 6. The summed E-state index contributed by atoms with van der Waals surface area (Å²) in [5, 5.41) is 0. The zero-order valence-electron chi connectivity index (χ0n) is 13.5. The van der Waals surface area contributed by atoms with Gasteiger partial charge in [-0.3, -0.25) is 9.69 Å². The van der Waals surface area contributed by atoms with Gasteiger partial charge >= 0.3 is 0 Å². The van der Waals surface area contributed by atoms with E-state index in [1.54, 1.807) is 13.0 Å². The van der Waals surface area contributed by atoms with Gasteiger partial charge in [0.2, 0.25) is 15.9 Å². The van der Waals surface area contributed by atoms with Crippen LogP contribution in [0.4, 0.5) is 0 Å². The number of rotatable bonds is 4. The van der Waals surface area contributed by atoms with Crippen LogP contribution in [0.1, 0.15) is 6.92 Å². The van der Waals surface area contributed by atoms with Gasteiger partial charge in [-0.1, -0.05) is 0 Å². The van der Waals surface area contributed by atoms with E-state index in [1.165, 1.54) is 16.4 Å². The molecule has 8 nitrogen and oxygen atoms in total. The van der Waals surface area contributed by atoms with Gasteiger partial charge in [-0.25, -0.2) is 8.42 Å². The summed E-state index contributed by atoms with van der Waals surface area (Å²) in [6.45, 7) is 4.15. The number of nitrogens with zero attached hydrogens (tertiary/aromatic N) is 2. The molecule has 0 radical (unpaired) electrons. The molecule has 0 aliphatic carbocycles. The summed E-state index contributed by atoms with van der Waals surface area (Å²) < 4.78 is 37.9.